The van der Waals surface area contributed by atoms with Crippen molar-refractivity contribution in [1.29, 1.82) is 0 Å². The van der Waals surface area contributed by atoms with Gasteiger partial charge in [-0.3, -0.25) is 10.1 Å². The average molecular weight is 259 g/mol. The van der Waals surface area contributed by atoms with Crippen molar-refractivity contribution in [1.82, 2.24) is 4.98 Å². The third-order valence-electron chi connectivity index (χ3n) is 2.04. The molecule has 0 atom stereocenters. The number of anilines is 1. The SMILES string of the molecule is CC(C)CCOCCNc1ncc([N+](=O)[O-])s1. The van der Waals surface area contributed by atoms with Gasteiger partial charge in [-0.05, 0) is 23.7 Å². The second kappa shape index (κ2) is 7.18. The topological polar surface area (TPSA) is 77.3 Å². The summed E-state index contributed by atoms with van der Waals surface area (Å²) in [5, 5.41) is 14.0. The molecule has 1 aromatic heterocycles. The Morgan fingerprint density at radius 2 is 2.35 bits per heavy atom. The van der Waals surface area contributed by atoms with E-state index in [-0.39, 0.29) is 5.00 Å². The van der Waals surface area contributed by atoms with Crippen LogP contribution in [0.25, 0.3) is 0 Å². The highest BCUT2D eigenvalue weighted by atomic mass is 32.1. The van der Waals surface area contributed by atoms with Gasteiger partial charge in [-0.2, -0.15) is 0 Å². The lowest BCUT2D eigenvalue weighted by Gasteiger charge is -2.06. The Hall–Kier alpha value is -1.21. The molecule has 0 fully saturated rings. The number of nitrogens with zero attached hydrogens (tertiary/aromatic N) is 2. The molecular formula is C10H17N3O3S. The maximum absolute atomic E-state index is 10.4. The Bertz CT molecular complexity index is 354. The summed E-state index contributed by atoms with van der Waals surface area (Å²) >= 11 is 1.03. The first kappa shape index (κ1) is 13.9. The van der Waals surface area contributed by atoms with Crippen LogP contribution in [0.2, 0.25) is 0 Å². The van der Waals surface area contributed by atoms with Crippen LogP contribution >= 0.6 is 11.3 Å². The normalized spacial score (nSPS) is 10.8. The molecule has 17 heavy (non-hydrogen) atoms. The van der Waals surface area contributed by atoms with E-state index in [0.29, 0.717) is 24.2 Å². The second-order valence-corrected chi connectivity index (χ2v) is 4.99. The number of thiazole rings is 1. The molecule has 0 aromatic carbocycles. The summed E-state index contributed by atoms with van der Waals surface area (Å²) in [6.07, 6.45) is 2.30. The van der Waals surface area contributed by atoms with E-state index >= 15 is 0 Å². The van der Waals surface area contributed by atoms with Crippen LogP contribution in [0, 0.1) is 16.0 Å². The molecule has 7 heteroatoms. The lowest BCUT2D eigenvalue weighted by Crippen LogP contribution is -2.10. The molecule has 0 bridgehead atoms. The van der Waals surface area contributed by atoms with Crippen molar-refractivity contribution in [2.45, 2.75) is 20.3 Å². The van der Waals surface area contributed by atoms with Gasteiger partial charge >= 0.3 is 5.00 Å². The van der Waals surface area contributed by atoms with E-state index in [1.807, 2.05) is 0 Å². The fourth-order valence-electron chi connectivity index (χ4n) is 1.08. The van der Waals surface area contributed by atoms with Crippen molar-refractivity contribution in [2.75, 3.05) is 25.1 Å². The quantitative estimate of drug-likeness (QED) is 0.441. The Labute approximate surface area is 104 Å². The number of hydrogen-bond acceptors (Lipinski definition) is 6. The molecule has 0 aliphatic heterocycles. The second-order valence-electron chi connectivity index (χ2n) is 3.98. The van der Waals surface area contributed by atoms with E-state index in [0.717, 1.165) is 24.4 Å². The summed E-state index contributed by atoms with van der Waals surface area (Å²) in [7, 11) is 0. The Morgan fingerprint density at radius 3 is 2.94 bits per heavy atom. The van der Waals surface area contributed by atoms with Crippen LogP contribution in [0.15, 0.2) is 6.20 Å². The van der Waals surface area contributed by atoms with Gasteiger partial charge in [-0.25, -0.2) is 4.98 Å². The minimum Gasteiger partial charge on any atom is -0.380 e. The number of ether oxygens (including phenoxy) is 1. The van der Waals surface area contributed by atoms with Gasteiger partial charge in [-0.1, -0.05) is 13.8 Å². The summed E-state index contributed by atoms with van der Waals surface area (Å²) < 4.78 is 5.40. The number of nitro groups is 1. The molecule has 0 saturated carbocycles. The van der Waals surface area contributed by atoms with Gasteiger partial charge in [0, 0.05) is 13.2 Å². The van der Waals surface area contributed by atoms with Gasteiger partial charge in [0.25, 0.3) is 0 Å². The maximum Gasteiger partial charge on any atom is 0.345 e. The zero-order valence-electron chi connectivity index (χ0n) is 10.0. The molecule has 1 heterocycles. The maximum atomic E-state index is 10.4. The fraction of sp³-hybridized carbons (Fsp3) is 0.700. The molecule has 96 valence electrons. The van der Waals surface area contributed by atoms with Crippen molar-refractivity contribution in [3.05, 3.63) is 16.3 Å². The van der Waals surface area contributed by atoms with E-state index < -0.39 is 4.92 Å². The molecule has 0 spiro atoms. The Kier molecular flexibility index (Phi) is 5.85. The first-order valence-corrected chi connectivity index (χ1v) is 6.33. The van der Waals surface area contributed by atoms with Crippen molar-refractivity contribution >= 4 is 21.5 Å². The first-order valence-electron chi connectivity index (χ1n) is 5.51. The summed E-state index contributed by atoms with van der Waals surface area (Å²) in [6.45, 7) is 6.24. The molecule has 1 aromatic rings. The zero-order chi connectivity index (χ0) is 12.7. The smallest absolute Gasteiger partial charge is 0.345 e. The van der Waals surface area contributed by atoms with E-state index in [9.17, 15) is 10.1 Å². The molecule has 1 N–H and O–H groups in total. The third-order valence-corrected chi connectivity index (χ3v) is 2.94. The predicted molar refractivity (Wildman–Crippen MR) is 67.5 cm³/mol. The Morgan fingerprint density at radius 1 is 1.59 bits per heavy atom. The minimum absolute atomic E-state index is 0.0493. The molecule has 0 aliphatic rings. The van der Waals surface area contributed by atoms with Crippen LogP contribution in [0.4, 0.5) is 10.1 Å². The van der Waals surface area contributed by atoms with Crippen molar-refractivity contribution in [2.24, 2.45) is 5.92 Å². The van der Waals surface area contributed by atoms with Crippen LogP contribution in [-0.2, 0) is 4.74 Å². The van der Waals surface area contributed by atoms with Gasteiger partial charge in [0.2, 0.25) is 0 Å². The van der Waals surface area contributed by atoms with Gasteiger partial charge in [0.05, 0.1) is 11.5 Å². The molecule has 0 saturated heterocycles. The zero-order valence-corrected chi connectivity index (χ0v) is 10.8. The van der Waals surface area contributed by atoms with Crippen LogP contribution in [0.5, 0.6) is 0 Å². The lowest BCUT2D eigenvalue weighted by molar-refractivity contribution is -0.380. The highest BCUT2D eigenvalue weighted by Crippen LogP contribution is 2.24. The van der Waals surface area contributed by atoms with Gasteiger partial charge in [0.15, 0.2) is 5.13 Å². The summed E-state index contributed by atoms with van der Waals surface area (Å²) in [4.78, 5) is 13.9. The first-order chi connectivity index (χ1) is 8.09. The highest BCUT2D eigenvalue weighted by Gasteiger charge is 2.10. The summed E-state index contributed by atoms with van der Waals surface area (Å²) in [5.74, 6) is 0.643. The van der Waals surface area contributed by atoms with Crippen molar-refractivity contribution < 1.29 is 9.66 Å². The summed E-state index contributed by atoms with van der Waals surface area (Å²) in [5.41, 5.74) is 0. The highest BCUT2D eigenvalue weighted by molar-refractivity contribution is 7.18. The van der Waals surface area contributed by atoms with Crippen LogP contribution in [0.1, 0.15) is 20.3 Å². The van der Waals surface area contributed by atoms with E-state index in [2.05, 4.69) is 24.1 Å². The molecule has 6 nitrogen and oxygen atoms in total. The summed E-state index contributed by atoms with van der Waals surface area (Å²) in [6, 6.07) is 0. The lowest BCUT2D eigenvalue weighted by atomic mass is 10.1. The largest absolute Gasteiger partial charge is 0.380 e. The van der Waals surface area contributed by atoms with Gasteiger partial charge < -0.3 is 10.1 Å². The standard InChI is InChI=1S/C10H17N3O3S/c1-8(2)3-5-16-6-4-11-10-12-7-9(17-10)13(14)15/h7-8H,3-6H2,1-2H3,(H,11,12). The number of nitrogens with one attached hydrogen (secondary N) is 1. The molecule has 0 unspecified atom stereocenters. The molecule has 0 aliphatic carbocycles. The number of rotatable bonds is 8. The fourth-order valence-corrected chi connectivity index (χ4v) is 1.74. The van der Waals surface area contributed by atoms with E-state index in [1.165, 1.54) is 6.20 Å². The average Bonchev–Trinajstić information content (AvgIpc) is 2.71. The number of aromatic nitrogens is 1. The molecular weight excluding hydrogens is 242 g/mol. The predicted octanol–water partition coefficient (Wildman–Crippen LogP) is 2.53. The number of hydrogen-bond donors (Lipinski definition) is 1. The van der Waals surface area contributed by atoms with Crippen molar-refractivity contribution in [3.63, 3.8) is 0 Å². The monoisotopic (exact) mass is 259 g/mol. The van der Waals surface area contributed by atoms with Gasteiger partial charge in [-0.15, -0.1) is 0 Å². The van der Waals surface area contributed by atoms with Gasteiger partial charge in [0.1, 0.15) is 6.20 Å². The minimum atomic E-state index is -0.442. The van der Waals surface area contributed by atoms with Crippen LogP contribution < -0.4 is 5.32 Å². The van der Waals surface area contributed by atoms with Crippen molar-refractivity contribution in [3.8, 4) is 0 Å². The van der Waals surface area contributed by atoms with Crippen LogP contribution in [0.3, 0.4) is 0 Å². The van der Waals surface area contributed by atoms with E-state index in [4.69, 9.17) is 4.74 Å². The Balaban J connectivity index is 2.11. The van der Waals surface area contributed by atoms with E-state index in [1.54, 1.807) is 0 Å². The third kappa shape index (κ3) is 5.60. The molecule has 1 rings (SSSR count). The molecule has 0 radical (unpaired) electrons. The molecule has 0 amide bonds. The van der Waals surface area contributed by atoms with Crippen LogP contribution in [-0.4, -0.2) is 29.7 Å².